The van der Waals surface area contributed by atoms with E-state index in [1.165, 1.54) is 11.0 Å². The Hall–Kier alpha value is -3.07. The van der Waals surface area contributed by atoms with Crippen LogP contribution in [0.3, 0.4) is 0 Å². The highest BCUT2D eigenvalue weighted by Gasteiger charge is 2.34. The molecule has 1 aromatic carbocycles. The molecular formula is C26H34ClN3O5. The highest BCUT2D eigenvalue weighted by molar-refractivity contribution is 6.32. The van der Waals surface area contributed by atoms with Gasteiger partial charge in [-0.2, -0.15) is 0 Å². The molecule has 2 amide bonds. The van der Waals surface area contributed by atoms with Gasteiger partial charge in [-0.05, 0) is 37.5 Å². The molecule has 9 heteroatoms. The molecule has 0 fully saturated rings. The molecule has 2 atom stereocenters. The summed E-state index contributed by atoms with van der Waals surface area (Å²) in [6.07, 6.45) is 4.06. The van der Waals surface area contributed by atoms with Gasteiger partial charge in [0.15, 0.2) is 0 Å². The number of aliphatic hydroxyl groups excluding tert-OH is 2. The van der Waals surface area contributed by atoms with E-state index in [1.807, 2.05) is 13.8 Å². The Labute approximate surface area is 211 Å². The Kier molecular flexibility index (Phi) is 10.6. The van der Waals surface area contributed by atoms with Gasteiger partial charge in [0.2, 0.25) is 5.91 Å². The Balaban J connectivity index is 2.08. The SMILES string of the molecule is C=C(/C=C\N(C[C@@H](O)CO)C(=C)C)NC(=O)[C@H](CC(C)C)N1CC(Oc2ccccc2Cl)=CC1=O. The average Bonchev–Trinajstić information content (AvgIpc) is 3.15. The fraction of sp³-hybridized carbons (Fsp3) is 0.385. The van der Waals surface area contributed by atoms with Gasteiger partial charge in [0.05, 0.1) is 30.8 Å². The van der Waals surface area contributed by atoms with E-state index in [-0.39, 0.29) is 37.4 Å². The summed E-state index contributed by atoms with van der Waals surface area (Å²) in [5.41, 5.74) is 0.950. The van der Waals surface area contributed by atoms with Crippen LogP contribution in [0, 0.1) is 5.92 Å². The molecule has 8 nitrogen and oxygen atoms in total. The summed E-state index contributed by atoms with van der Waals surface area (Å²) in [7, 11) is 0. The van der Waals surface area contributed by atoms with Crippen molar-refractivity contribution in [1.29, 1.82) is 0 Å². The molecule has 0 unspecified atom stereocenters. The third kappa shape index (κ3) is 8.58. The molecule has 0 radical (unpaired) electrons. The summed E-state index contributed by atoms with van der Waals surface area (Å²) in [5, 5.41) is 22.0. The van der Waals surface area contributed by atoms with Gasteiger partial charge in [0.1, 0.15) is 17.6 Å². The van der Waals surface area contributed by atoms with Crippen LogP contribution in [0.5, 0.6) is 5.75 Å². The zero-order valence-electron chi connectivity index (χ0n) is 20.4. The Morgan fingerprint density at radius 1 is 1.34 bits per heavy atom. The molecule has 0 aliphatic carbocycles. The number of halogens is 1. The lowest BCUT2D eigenvalue weighted by molar-refractivity contribution is -0.136. The number of amides is 2. The summed E-state index contributed by atoms with van der Waals surface area (Å²) in [6.45, 7) is 13.3. The van der Waals surface area contributed by atoms with E-state index in [1.54, 1.807) is 48.4 Å². The van der Waals surface area contributed by atoms with E-state index in [2.05, 4.69) is 18.5 Å². The molecule has 35 heavy (non-hydrogen) atoms. The molecule has 0 bridgehead atoms. The fourth-order valence-corrected chi connectivity index (χ4v) is 3.59. The van der Waals surface area contributed by atoms with Crippen molar-refractivity contribution in [3.05, 3.63) is 78.0 Å². The van der Waals surface area contributed by atoms with Crippen LogP contribution in [0.4, 0.5) is 0 Å². The van der Waals surface area contributed by atoms with Gasteiger partial charge in [-0.15, -0.1) is 0 Å². The molecule has 2 rings (SSSR count). The molecule has 1 aliphatic rings. The maximum Gasteiger partial charge on any atom is 0.251 e. The van der Waals surface area contributed by atoms with Crippen molar-refractivity contribution in [3.63, 3.8) is 0 Å². The summed E-state index contributed by atoms with van der Waals surface area (Å²) in [6, 6.07) is 6.23. The van der Waals surface area contributed by atoms with Crippen LogP contribution in [-0.2, 0) is 9.59 Å². The number of aliphatic hydroxyl groups is 2. The van der Waals surface area contributed by atoms with E-state index >= 15 is 0 Å². The largest absolute Gasteiger partial charge is 0.458 e. The molecule has 0 saturated heterocycles. The number of ether oxygens (including phenoxy) is 1. The second-order valence-corrected chi connectivity index (χ2v) is 9.22. The highest BCUT2D eigenvalue weighted by Crippen LogP contribution is 2.28. The average molecular weight is 504 g/mol. The lowest BCUT2D eigenvalue weighted by atomic mass is 10.0. The predicted octanol–water partition coefficient (Wildman–Crippen LogP) is 3.19. The normalized spacial score (nSPS) is 15.2. The number of rotatable bonds is 13. The van der Waals surface area contributed by atoms with Crippen molar-refractivity contribution in [2.75, 3.05) is 19.7 Å². The van der Waals surface area contributed by atoms with Crippen LogP contribution in [0.1, 0.15) is 27.2 Å². The standard InChI is InChI=1S/C26H34ClN3O5/c1-17(2)12-23(26(34)28-19(5)10-11-29(18(3)4)14-20(32)16-31)30-15-21(13-25(30)33)35-24-9-7-6-8-22(24)27/h6-11,13,17,20,23,31-32H,3,5,12,14-16H2,1-2,4H3,(H,28,34)/b11-10-/t20-,23+/m1/s1. The number of carbonyl (C=O) groups excluding carboxylic acids is 2. The number of para-hydroxylation sites is 1. The molecule has 0 saturated carbocycles. The molecule has 3 N–H and O–H groups in total. The van der Waals surface area contributed by atoms with Crippen LogP contribution in [0.15, 0.2) is 72.9 Å². The molecule has 190 valence electrons. The third-order valence-electron chi connectivity index (χ3n) is 5.19. The molecule has 0 spiro atoms. The van der Waals surface area contributed by atoms with Crippen LogP contribution >= 0.6 is 11.6 Å². The first-order valence-corrected chi connectivity index (χ1v) is 11.7. The zero-order chi connectivity index (χ0) is 26.1. The topological polar surface area (TPSA) is 102 Å². The Morgan fingerprint density at radius 2 is 2.03 bits per heavy atom. The maximum absolute atomic E-state index is 13.2. The molecule has 1 aromatic rings. The lowest BCUT2D eigenvalue weighted by Gasteiger charge is -2.28. The number of carbonyl (C=O) groups is 2. The van der Waals surface area contributed by atoms with Gasteiger partial charge in [-0.3, -0.25) is 9.59 Å². The van der Waals surface area contributed by atoms with E-state index in [4.69, 9.17) is 21.4 Å². The number of nitrogens with zero attached hydrogens (tertiary/aromatic N) is 2. The second-order valence-electron chi connectivity index (χ2n) is 8.81. The number of allylic oxidation sites excluding steroid dienone is 2. The first-order valence-electron chi connectivity index (χ1n) is 11.3. The second kappa shape index (κ2) is 13.1. The minimum absolute atomic E-state index is 0.139. The number of benzene rings is 1. The van der Waals surface area contributed by atoms with Gasteiger partial charge in [0, 0.05) is 23.7 Å². The van der Waals surface area contributed by atoms with Gasteiger partial charge >= 0.3 is 0 Å². The molecule has 1 aliphatic heterocycles. The lowest BCUT2D eigenvalue weighted by Crippen LogP contribution is -2.48. The van der Waals surface area contributed by atoms with Crippen molar-refractivity contribution in [2.45, 2.75) is 39.3 Å². The molecule has 1 heterocycles. The number of hydrogen-bond donors (Lipinski definition) is 3. The monoisotopic (exact) mass is 503 g/mol. The van der Waals surface area contributed by atoms with Crippen LogP contribution < -0.4 is 10.1 Å². The first kappa shape index (κ1) is 28.2. The smallest absolute Gasteiger partial charge is 0.251 e. The van der Waals surface area contributed by atoms with E-state index in [0.29, 0.717) is 34.3 Å². The maximum atomic E-state index is 13.2. The van der Waals surface area contributed by atoms with E-state index in [0.717, 1.165) is 0 Å². The number of hydrogen-bond acceptors (Lipinski definition) is 6. The summed E-state index contributed by atoms with van der Waals surface area (Å²) in [5.74, 6) is 0.302. The summed E-state index contributed by atoms with van der Waals surface area (Å²) in [4.78, 5) is 29.0. The Morgan fingerprint density at radius 3 is 2.63 bits per heavy atom. The first-order chi connectivity index (χ1) is 16.5. The van der Waals surface area contributed by atoms with Crippen LogP contribution in [-0.4, -0.2) is 63.7 Å². The van der Waals surface area contributed by atoms with E-state index in [9.17, 15) is 14.7 Å². The quantitative estimate of drug-likeness (QED) is 0.357. The summed E-state index contributed by atoms with van der Waals surface area (Å²) >= 11 is 6.16. The predicted molar refractivity (Wildman–Crippen MR) is 136 cm³/mol. The van der Waals surface area contributed by atoms with Crippen molar-refractivity contribution in [1.82, 2.24) is 15.1 Å². The van der Waals surface area contributed by atoms with Gasteiger partial charge in [0.25, 0.3) is 5.91 Å². The number of nitrogens with one attached hydrogen (secondary N) is 1. The molecule has 0 aromatic heterocycles. The summed E-state index contributed by atoms with van der Waals surface area (Å²) < 4.78 is 5.81. The van der Waals surface area contributed by atoms with Crippen molar-refractivity contribution < 1.29 is 24.5 Å². The fourth-order valence-electron chi connectivity index (χ4n) is 3.42. The minimum Gasteiger partial charge on any atom is -0.458 e. The molecular weight excluding hydrogens is 470 g/mol. The van der Waals surface area contributed by atoms with Gasteiger partial charge in [-0.25, -0.2) is 0 Å². The van der Waals surface area contributed by atoms with Crippen LogP contribution in [0.2, 0.25) is 5.02 Å². The van der Waals surface area contributed by atoms with Crippen molar-refractivity contribution in [2.24, 2.45) is 5.92 Å². The van der Waals surface area contributed by atoms with Crippen molar-refractivity contribution in [3.8, 4) is 5.75 Å². The van der Waals surface area contributed by atoms with Gasteiger partial charge < -0.3 is 30.1 Å². The van der Waals surface area contributed by atoms with E-state index < -0.39 is 12.1 Å². The van der Waals surface area contributed by atoms with Gasteiger partial charge in [-0.1, -0.05) is 50.7 Å². The zero-order valence-corrected chi connectivity index (χ0v) is 21.2. The van der Waals surface area contributed by atoms with Crippen molar-refractivity contribution >= 4 is 23.4 Å². The third-order valence-corrected chi connectivity index (χ3v) is 5.51. The van der Waals surface area contributed by atoms with Crippen LogP contribution in [0.25, 0.3) is 0 Å². The Bertz CT molecular complexity index is 1000. The minimum atomic E-state index is -0.939. The highest BCUT2D eigenvalue weighted by atomic mass is 35.5.